The van der Waals surface area contributed by atoms with Crippen molar-refractivity contribution in [1.29, 1.82) is 0 Å². The maximum atomic E-state index is 13.0. The van der Waals surface area contributed by atoms with E-state index in [0.29, 0.717) is 12.2 Å². The molecule has 0 rings (SSSR count). The molecule has 0 heterocycles. The minimum atomic E-state index is -1.66. The Kier molecular flexibility index (Phi) is 15.8. The fourth-order valence-electron chi connectivity index (χ4n) is 2.90. The largest absolute Gasteiger partial charge is 0.480 e. The number of aliphatic hydroxyl groups is 1. The fraction of sp³-hybridized carbons (Fsp3) is 0.700. The van der Waals surface area contributed by atoms with E-state index in [1.807, 2.05) is 6.26 Å². The van der Waals surface area contributed by atoms with Crippen molar-refractivity contribution in [2.75, 3.05) is 18.6 Å². The molecular weight excluding hydrogens is 496 g/mol. The van der Waals surface area contributed by atoms with E-state index in [1.54, 1.807) is 0 Å². The van der Waals surface area contributed by atoms with Crippen LogP contribution < -0.4 is 38.9 Å². The monoisotopic (exact) mass is 534 g/mol. The Hall–Kier alpha value is -3.11. The number of aliphatic carboxylic acids is 1. The van der Waals surface area contributed by atoms with Crippen molar-refractivity contribution in [3.8, 4) is 0 Å². The summed E-state index contributed by atoms with van der Waals surface area (Å²) < 4.78 is 0. The molecule has 0 aliphatic rings. The molecule has 16 heteroatoms. The predicted molar refractivity (Wildman–Crippen MR) is 134 cm³/mol. The van der Waals surface area contributed by atoms with Crippen molar-refractivity contribution in [1.82, 2.24) is 16.0 Å². The molecular formula is C20H38N8O7S. The highest BCUT2D eigenvalue weighted by molar-refractivity contribution is 7.98. The molecule has 5 atom stereocenters. The summed E-state index contributed by atoms with van der Waals surface area (Å²) in [6, 6.07) is -5.05. The third kappa shape index (κ3) is 13.7. The number of hydrogen-bond donors (Lipinski definition) is 9. The number of aliphatic hydroxyl groups excluding tert-OH is 1. The van der Waals surface area contributed by atoms with Gasteiger partial charge in [0.2, 0.25) is 23.6 Å². The maximum Gasteiger partial charge on any atom is 0.328 e. The van der Waals surface area contributed by atoms with Gasteiger partial charge in [-0.3, -0.25) is 24.2 Å². The molecule has 0 aliphatic carbocycles. The number of amides is 4. The summed E-state index contributed by atoms with van der Waals surface area (Å²) in [6.07, 6.45) is 0.608. The zero-order valence-electron chi connectivity index (χ0n) is 20.4. The van der Waals surface area contributed by atoms with Crippen LogP contribution in [0.2, 0.25) is 0 Å². The minimum Gasteiger partial charge on any atom is -0.480 e. The maximum absolute atomic E-state index is 13.0. The number of guanidine groups is 1. The molecule has 5 unspecified atom stereocenters. The van der Waals surface area contributed by atoms with Crippen LogP contribution in [0.4, 0.5) is 0 Å². The first-order chi connectivity index (χ1) is 16.8. The number of nitrogens with zero attached hydrogens (tertiary/aromatic N) is 1. The first-order valence-corrected chi connectivity index (χ1v) is 12.6. The number of thioether (sulfide) groups is 1. The summed E-state index contributed by atoms with van der Waals surface area (Å²) in [5.74, 6) is -4.09. The minimum absolute atomic E-state index is 0.0825. The Balaban J connectivity index is 5.63. The van der Waals surface area contributed by atoms with Gasteiger partial charge in [0.1, 0.15) is 12.1 Å². The lowest BCUT2D eigenvalue weighted by Crippen LogP contribution is -2.58. The molecule has 36 heavy (non-hydrogen) atoms. The van der Waals surface area contributed by atoms with Crippen LogP contribution >= 0.6 is 11.8 Å². The van der Waals surface area contributed by atoms with Gasteiger partial charge in [-0.05, 0) is 44.6 Å². The van der Waals surface area contributed by atoms with E-state index in [1.165, 1.54) is 18.7 Å². The van der Waals surface area contributed by atoms with Crippen molar-refractivity contribution in [2.45, 2.75) is 69.3 Å². The second-order valence-corrected chi connectivity index (χ2v) is 9.01. The third-order valence-electron chi connectivity index (χ3n) is 4.91. The summed E-state index contributed by atoms with van der Waals surface area (Å²) in [7, 11) is 0. The average Bonchev–Trinajstić information content (AvgIpc) is 2.79. The van der Waals surface area contributed by atoms with Crippen LogP contribution in [0, 0.1) is 0 Å². The van der Waals surface area contributed by atoms with Gasteiger partial charge in [0.25, 0.3) is 0 Å². The Labute approximate surface area is 213 Å². The number of aliphatic imine (C=N–C) groups is 1. The SMILES string of the molecule is CSCCC(N)C(=O)NC(CCCN=C(N)N)C(=O)NC(CCC(N)=O)C(=O)NC(C(=O)O)C(C)O. The van der Waals surface area contributed by atoms with Crippen LogP contribution in [0.3, 0.4) is 0 Å². The van der Waals surface area contributed by atoms with E-state index >= 15 is 0 Å². The Bertz CT molecular complexity index is 792. The molecule has 0 aliphatic heterocycles. The fourth-order valence-corrected chi connectivity index (χ4v) is 3.39. The van der Waals surface area contributed by atoms with Crippen molar-refractivity contribution in [2.24, 2.45) is 27.9 Å². The smallest absolute Gasteiger partial charge is 0.328 e. The van der Waals surface area contributed by atoms with Crippen molar-refractivity contribution < 1.29 is 34.2 Å². The molecule has 0 spiro atoms. The van der Waals surface area contributed by atoms with Crippen LogP contribution in [-0.4, -0.2) is 94.6 Å². The average molecular weight is 535 g/mol. The van der Waals surface area contributed by atoms with E-state index in [-0.39, 0.29) is 38.2 Å². The lowest BCUT2D eigenvalue weighted by atomic mass is 10.1. The standard InChI is InChI=1S/C20H38N8O7S/c1-10(29)15(19(34)35)28-18(33)13(5-6-14(22)30)27-17(32)12(4-3-8-25-20(23)24)26-16(31)11(21)7-9-36-2/h10-13,15,29H,3-9,21H2,1-2H3,(H2,22,30)(H,26,31)(H,27,32)(H,28,33)(H,34,35)(H4,23,24,25). The zero-order valence-corrected chi connectivity index (χ0v) is 21.3. The number of nitrogens with two attached hydrogens (primary N) is 4. The Morgan fingerprint density at radius 1 is 0.917 bits per heavy atom. The van der Waals surface area contributed by atoms with Gasteiger partial charge in [0.15, 0.2) is 12.0 Å². The van der Waals surface area contributed by atoms with Gasteiger partial charge >= 0.3 is 5.97 Å². The highest BCUT2D eigenvalue weighted by Gasteiger charge is 2.31. The molecule has 0 fully saturated rings. The number of nitrogens with one attached hydrogen (secondary N) is 3. The summed E-state index contributed by atoms with van der Waals surface area (Å²) in [4.78, 5) is 64.7. The van der Waals surface area contributed by atoms with Gasteiger partial charge in [-0.25, -0.2) is 4.79 Å². The number of carbonyl (C=O) groups is 5. The second-order valence-electron chi connectivity index (χ2n) is 8.03. The summed E-state index contributed by atoms with van der Waals surface area (Å²) in [5, 5.41) is 25.9. The van der Waals surface area contributed by atoms with Crippen LogP contribution in [0.25, 0.3) is 0 Å². The molecule has 15 nitrogen and oxygen atoms in total. The van der Waals surface area contributed by atoms with E-state index in [2.05, 4.69) is 20.9 Å². The number of carboxylic acid groups (broad SMARTS) is 1. The van der Waals surface area contributed by atoms with Crippen LogP contribution in [-0.2, 0) is 24.0 Å². The predicted octanol–water partition coefficient (Wildman–Crippen LogP) is -3.69. The van der Waals surface area contributed by atoms with Crippen LogP contribution in [0.1, 0.15) is 39.0 Å². The van der Waals surface area contributed by atoms with Gasteiger partial charge in [-0.2, -0.15) is 11.8 Å². The van der Waals surface area contributed by atoms with Crippen molar-refractivity contribution in [3.63, 3.8) is 0 Å². The molecule has 0 aromatic heterocycles. The normalized spacial score (nSPS) is 14.9. The van der Waals surface area contributed by atoms with Crippen LogP contribution in [0.5, 0.6) is 0 Å². The van der Waals surface area contributed by atoms with E-state index in [9.17, 15) is 34.2 Å². The quantitative estimate of drug-likeness (QED) is 0.0468. The number of rotatable bonds is 18. The molecule has 0 saturated heterocycles. The molecule has 4 amide bonds. The first kappa shape index (κ1) is 32.9. The van der Waals surface area contributed by atoms with E-state index in [4.69, 9.17) is 22.9 Å². The number of carbonyl (C=O) groups excluding carboxylic acids is 4. The van der Waals surface area contributed by atoms with Gasteiger partial charge < -0.3 is 49.1 Å². The third-order valence-corrected chi connectivity index (χ3v) is 5.55. The van der Waals surface area contributed by atoms with E-state index in [0.717, 1.165) is 0 Å². The van der Waals surface area contributed by atoms with Gasteiger partial charge in [0.05, 0.1) is 12.1 Å². The second kappa shape index (κ2) is 17.3. The molecule has 206 valence electrons. The first-order valence-electron chi connectivity index (χ1n) is 11.2. The van der Waals surface area contributed by atoms with Gasteiger partial charge in [0, 0.05) is 13.0 Å². The summed E-state index contributed by atoms with van der Waals surface area (Å²) in [6.45, 7) is 1.33. The number of carboxylic acids is 1. The molecule has 0 aromatic carbocycles. The lowest BCUT2D eigenvalue weighted by Gasteiger charge is -2.25. The van der Waals surface area contributed by atoms with Gasteiger partial charge in [-0.1, -0.05) is 0 Å². The molecule has 0 bridgehead atoms. The number of primary amides is 1. The molecule has 0 radical (unpaired) electrons. The highest BCUT2D eigenvalue weighted by Crippen LogP contribution is 2.06. The van der Waals surface area contributed by atoms with Crippen molar-refractivity contribution >= 4 is 47.3 Å². The van der Waals surface area contributed by atoms with Crippen LogP contribution in [0.15, 0.2) is 4.99 Å². The number of hydrogen-bond acceptors (Lipinski definition) is 9. The topological polar surface area (TPSA) is 278 Å². The molecule has 0 aromatic rings. The summed E-state index contributed by atoms with van der Waals surface area (Å²) >= 11 is 1.50. The Morgan fingerprint density at radius 3 is 1.97 bits per heavy atom. The van der Waals surface area contributed by atoms with Crippen molar-refractivity contribution in [3.05, 3.63) is 0 Å². The summed E-state index contributed by atoms with van der Waals surface area (Å²) in [5.41, 5.74) is 21.6. The van der Waals surface area contributed by atoms with Gasteiger partial charge in [-0.15, -0.1) is 0 Å². The zero-order chi connectivity index (χ0) is 27.8. The van der Waals surface area contributed by atoms with E-state index < -0.39 is 59.9 Å². The lowest BCUT2D eigenvalue weighted by molar-refractivity contribution is -0.145. The Morgan fingerprint density at radius 2 is 1.47 bits per heavy atom. The molecule has 13 N–H and O–H groups in total. The highest BCUT2D eigenvalue weighted by atomic mass is 32.2. The molecule has 0 saturated carbocycles.